The summed E-state index contributed by atoms with van der Waals surface area (Å²) in [6, 6.07) is 14.6. The van der Waals surface area contributed by atoms with Gasteiger partial charge in [0, 0.05) is 45.7 Å². The van der Waals surface area contributed by atoms with Gasteiger partial charge in [-0.25, -0.2) is 9.97 Å². The molecular formula is C23H18B6N6O4. The van der Waals surface area contributed by atoms with Crippen molar-refractivity contribution >= 4 is 76.5 Å². The number of carbonyl (C=O) groups excluding carboxylic acids is 1. The molecule has 10 nitrogen and oxygen atoms in total. The third kappa shape index (κ3) is 5.36. The number of nitrogens with zero attached hydrogens (tertiary/aromatic N) is 3. The predicted molar refractivity (Wildman–Crippen MR) is 152 cm³/mol. The van der Waals surface area contributed by atoms with Crippen LogP contribution >= 0.6 is 0 Å². The van der Waals surface area contributed by atoms with E-state index in [-0.39, 0.29) is 24.1 Å². The number of ether oxygens (including phenoxy) is 1. The van der Waals surface area contributed by atoms with Crippen molar-refractivity contribution in [2.75, 3.05) is 16.8 Å². The smallest absolute Gasteiger partial charge is 0.251 e. The zero-order valence-electron chi connectivity index (χ0n) is 20.6. The van der Waals surface area contributed by atoms with Crippen LogP contribution < -0.4 is 15.5 Å². The molecule has 1 amide bonds. The van der Waals surface area contributed by atoms with Gasteiger partial charge >= 0.3 is 0 Å². The quantitative estimate of drug-likeness (QED) is 0.197. The minimum atomic E-state index is -2.80. The molecule has 16 heteroatoms. The molecule has 2 heterocycles. The minimum Gasteiger partial charge on any atom is -0.379 e. The van der Waals surface area contributed by atoms with Gasteiger partial charge in [-0.1, -0.05) is 12.1 Å². The highest BCUT2D eigenvalue weighted by molar-refractivity contribution is 6.50. The standard InChI is InChI=1S/C23H18B6N6O4/c24-20(25)23(29,38)39-21(26,27)22(28,37)35(20)16-7-5-15(6-8-16)33-19-32-11-9-17(34-19)13-1-3-14(4-2-13)18(36)31-12-10-30/h1-11,30,37-38H,12H2,(H,31,36)(H,32,33,34). The summed E-state index contributed by atoms with van der Waals surface area (Å²) in [6.07, 6.45) is 2.66. The molecule has 3 aromatic rings. The van der Waals surface area contributed by atoms with Crippen molar-refractivity contribution in [2.45, 2.75) is 22.0 Å². The van der Waals surface area contributed by atoms with Gasteiger partial charge in [-0.05, 0) is 42.5 Å². The number of hydrogen-bond acceptors (Lipinski definition) is 9. The lowest BCUT2D eigenvalue weighted by atomic mass is 9.42. The highest BCUT2D eigenvalue weighted by Gasteiger charge is 2.60. The van der Waals surface area contributed by atoms with Crippen molar-refractivity contribution in [2.24, 2.45) is 0 Å². The van der Waals surface area contributed by atoms with Crippen LogP contribution in [0.5, 0.6) is 0 Å². The van der Waals surface area contributed by atoms with E-state index < -0.39 is 22.0 Å². The summed E-state index contributed by atoms with van der Waals surface area (Å²) in [5.41, 5.74) is -3.07. The Morgan fingerprint density at radius 1 is 1.00 bits per heavy atom. The van der Waals surface area contributed by atoms with Crippen LogP contribution in [-0.4, -0.2) is 108 Å². The van der Waals surface area contributed by atoms with Crippen LogP contribution in [0.3, 0.4) is 0 Å². The Bertz CT molecular complexity index is 1350. The van der Waals surface area contributed by atoms with Crippen molar-refractivity contribution in [1.82, 2.24) is 15.3 Å². The summed E-state index contributed by atoms with van der Waals surface area (Å²) in [6.45, 7) is 0.150. The third-order valence-electron chi connectivity index (χ3n) is 6.03. The van der Waals surface area contributed by atoms with E-state index in [0.717, 1.165) is 16.7 Å². The number of benzene rings is 2. The molecule has 0 aliphatic carbocycles. The van der Waals surface area contributed by atoms with Crippen LogP contribution in [0.2, 0.25) is 0 Å². The van der Waals surface area contributed by atoms with Crippen LogP contribution in [0.25, 0.3) is 11.3 Å². The fourth-order valence-electron chi connectivity index (χ4n) is 3.88. The molecule has 182 valence electrons. The largest absolute Gasteiger partial charge is 0.379 e. The summed E-state index contributed by atoms with van der Waals surface area (Å²) in [4.78, 5) is 21.5. The highest BCUT2D eigenvalue weighted by atomic mass is 16.6. The van der Waals surface area contributed by atoms with Gasteiger partial charge < -0.3 is 35.9 Å². The number of rotatable bonds is 7. The molecule has 1 fully saturated rings. The Morgan fingerprint density at radius 2 is 1.64 bits per heavy atom. The molecule has 4 rings (SSSR count). The summed E-state index contributed by atoms with van der Waals surface area (Å²) in [5.74, 6) is -0.0222. The van der Waals surface area contributed by atoms with Gasteiger partial charge in [0.1, 0.15) is 34.8 Å². The Labute approximate surface area is 233 Å². The van der Waals surface area contributed by atoms with Crippen molar-refractivity contribution in [3.05, 3.63) is 66.4 Å². The fourth-order valence-corrected chi connectivity index (χ4v) is 3.88. The SMILES string of the molecule is [B]C1([B])OC([B])(O)C([B])([B])N(c2ccc(Nc3nccc(-c4ccc(C(=O)NCC=N)cc4)n3)cc2)C1([B])O. The van der Waals surface area contributed by atoms with Crippen LogP contribution in [0, 0.1) is 5.41 Å². The Kier molecular flexibility index (Phi) is 7.50. The minimum absolute atomic E-state index is 0.0995. The molecule has 0 bridgehead atoms. The molecule has 1 aliphatic heterocycles. The third-order valence-corrected chi connectivity index (χ3v) is 6.03. The van der Waals surface area contributed by atoms with Gasteiger partial charge in [0.2, 0.25) is 5.95 Å². The van der Waals surface area contributed by atoms with Crippen molar-refractivity contribution in [3.8, 4) is 11.3 Å². The molecule has 1 aliphatic rings. The molecular weight excluding hydrogens is 489 g/mol. The van der Waals surface area contributed by atoms with E-state index in [1.807, 2.05) is 0 Å². The van der Waals surface area contributed by atoms with Crippen molar-refractivity contribution < 1.29 is 19.7 Å². The van der Waals surface area contributed by atoms with Crippen molar-refractivity contribution in [3.63, 3.8) is 0 Å². The molecule has 2 aromatic carbocycles. The van der Waals surface area contributed by atoms with Crippen LogP contribution in [0.4, 0.5) is 17.3 Å². The molecule has 39 heavy (non-hydrogen) atoms. The number of amides is 1. The van der Waals surface area contributed by atoms with Crippen LogP contribution in [-0.2, 0) is 4.74 Å². The normalized spacial score (nSPS) is 23.5. The van der Waals surface area contributed by atoms with E-state index in [1.165, 1.54) is 12.1 Å². The zero-order valence-corrected chi connectivity index (χ0v) is 20.6. The summed E-state index contributed by atoms with van der Waals surface area (Å²) in [7, 11) is 35.1. The van der Waals surface area contributed by atoms with Gasteiger partial charge in [-0.2, -0.15) is 0 Å². The fraction of sp³-hybridized carbons (Fsp3) is 0.217. The lowest BCUT2D eigenvalue weighted by Crippen LogP contribution is -2.86. The number of hydrogen-bond donors (Lipinski definition) is 5. The lowest BCUT2D eigenvalue weighted by molar-refractivity contribution is -0.233. The van der Waals surface area contributed by atoms with E-state index >= 15 is 0 Å². The van der Waals surface area contributed by atoms with Crippen molar-refractivity contribution in [1.29, 1.82) is 5.41 Å². The Hall–Kier alpha value is -3.47. The van der Waals surface area contributed by atoms with E-state index in [2.05, 4.69) is 20.6 Å². The number of morpholine rings is 1. The Balaban J connectivity index is 1.54. The average Bonchev–Trinajstić information content (AvgIpc) is 2.87. The molecule has 1 aromatic heterocycles. The van der Waals surface area contributed by atoms with E-state index in [4.69, 9.17) is 57.2 Å². The summed E-state index contributed by atoms with van der Waals surface area (Å²) >= 11 is 0. The van der Waals surface area contributed by atoms with E-state index in [9.17, 15) is 15.0 Å². The van der Waals surface area contributed by atoms with E-state index in [0.29, 0.717) is 16.9 Å². The average molecular weight is 507 g/mol. The molecule has 5 N–H and O–H groups in total. The second kappa shape index (κ2) is 10.3. The number of nitrogens with one attached hydrogen (secondary N) is 3. The topological polar surface area (TPSA) is 144 Å². The number of carbonyl (C=O) groups is 1. The first kappa shape index (κ1) is 28.5. The number of aromatic nitrogens is 2. The predicted octanol–water partition coefficient (Wildman–Crippen LogP) is -1.29. The molecule has 0 saturated carbocycles. The van der Waals surface area contributed by atoms with E-state index in [1.54, 1.807) is 48.7 Å². The molecule has 2 unspecified atom stereocenters. The first-order chi connectivity index (χ1) is 18.2. The maximum absolute atomic E-state index is 12.0. The molecule has 2 atom stereocenters. The second-order valence-corrected chi connectivity index (χ2v) is 8.91. The van der Waals surface area contributed by atoms with Gasteiger partial charge in [0.05, 0.1) is 27.9 Å². The van der Waals surface area contributed by atoms with Crippen LogP contribution in [0.1, 0.15) is 10.4 Å². The van der Waals surface area contributed by atoms with Crippen LogP contribution in [0.15, 0.2) is 60.8 Å². The maximum Gasteiger partial charge on any atom is 0.251 e. The monoisotopic (exact) mass is 508 g/mol. The maximum atomic E-state index is 12.0. The molecule has 12 radical (unpaired) electrons. The highest BCUT2D eigenvalue weighted by Crippen LogP contribution is 2.43. The summed E-state index contributed by atoms with van der Waals surface area (Å²) < 4.78 is 4.89. The summed E-state index contributed by atoms with van der Waals surface area (Å²) in [5, 5.41) is 28.9. The number of anilines is 3. The Morgan fingerprint density at radius 3 is 2.26 bits per heavy atom. The number of aliphatic hydroxyl groups is 2. The molecule has 0 spiro atoms. The second-order valence-electron chi connectivity index (χ2n) is 8.91. The van der Waals surface area contributed by atoms with Gasteiger partial charge in [-0.3, -0.25) is 4.79 Å². The first-order valence-corrected chi connectivity index (χ1v) is 11.5. The van der Waals surface area contributed by atoms with Gasteiger partial charge in [-0.15, -0.1) is 0 Å². The van der Waals surface area contributed by atoms with Gasteiger partial charge in [0.25, 0.3) is 5.91 Å². The molecule has 1 saturated heterocycles. The first-order valence-electron chi connectivity index (χ1n) is 11.5. The zero-order chi connectivity index (χ0) is 28.6. The lowest BCUT2D eigenvalue weighted by Gasteiger charge is -2.67. The van der Waals surface area contributed by atoms with Gasteiger partial charge in [0.15, 0.2) is 7.85 Å².